The van der Waals surface area contributed by atoms with Crippen LogP contribution in [0.1, 0.15) is 136 Å². The zero-order chi connectivity index (χ0) is 26.4. The maximum atomic E-state index is 12.5. The van der Waals surface area contributed by atoms with Gasteiger partial charge in [-0.15, -0.1) is 0 Å². The van der Waals surface area contributed by atoms with Gasteiger partial charge in [0.05, 0.1) is 6.10 Å². The molecule has 0 aromatic heterocycles. The van der Waals surface area contributed by atoms with Crippen molar-refractivity contribution in [2.45, 2.75) is 142 Å². The Morgan fingerprint density at radius 2 is 1.17 bits per heavy atom. The molecule has 208 valence electrons. The molecule has 0 saturated carbocycles. The minimum absolute atomic E-state index is 0. The second kappa shape index (κ2) is 25.1. The van der Waals surface area contributed by atoms with E-state index in [0.717, 1.165) is 103 Å². The third-order valence-corrected chi connectivity index (χ3v) is 6.76. The van der Waals surface area contributed by atoms with Crippen LogP contribution in [0, 0.1) is 0 Å². The van der Waals surface area contributed by atoms with Gasteiger partial charge in [-0.2, -0.15) is 0 Å². The molecule has 0 spiro atoms. The number of carboxylic acid groups (broad SMARTS) is 1. The number of amides is 1. The summed E-state index contributed by atoms with van der Waals surface area (Å²) in [6, 6.07) is 0. The number of nitrogens with zero attached hydrogens (tertiary/aromatic N) is 1. The molecule has 0 aliphatic carbocycles. The first-order valence-corrected chi connectivity index (χ1v) is 15.2. The van der Waals surface area contributed by atoms with Crippen molar-refractivity contribution in [3.05, 3.63) is 0 Å². The zero-order valence-corrected chi connectivity index (χ0v) is 26.0. The van der Waals surface area contributed by atoms with Gasteiger partial charge in [0.25, 0.3) is 0 Å². The number of hydrogen-bond donors (Lipinski definition) is 1. The molecule has 0 aromatic carbocycles. The van der Waals surface area contributed by atoms with E-state index in [0.29, 0.717) is 25.7 Å². The summed E-state index contributed by atoms with van der Waals surface area (Å²) in [5, 5.41) is 8.64. The second-order valence-corrected chi connectivity index (χ2v) is 10.6. The molecule has 0 saturated heterocycles. The Morgan fingerprint density at radius 3 is 1.58 bits per heavy atom. The van der Waals surface area contributed by atoms with Gasteiger partial charge < -0.3 is 14.6 Å². The fourth-order valence-electron chi connectivity index (χ4n) is 4.16. The standard InChI is InChI=1S/C26H51NO7S.Na/c1-3-5-22-27(23-6-4-2)25(28)20-16-12-8-7-10-14-18-24(34-35(31,32)33)19-15-11-9-13-17-21-26(29)30;/h24H,3-23H2,1-2H3,(H,29,30)(H,31,32,33);/q;+1/p-1. The number of rotatable bonds is 25. The van der Waals surface area contributed by atoms with E-state index in [1.165, 1.54) is 0 Å². The van der Waals surface area contributed by atoms with Crippen LogP contribution in [0.5, 0.6) is 0 Å². The summed E-state index contributed by atoms with van der Waals surface area (Å²) in [7, 11) is -4.72. The van der Waals surface area contributed by atoms with E-state index in [-0.39, 0.29) is 41.9 Å². The summed E-state index contributed by atoms with van der Waals surface area (Å²) < 4.78 is 37.9. The topological polar surface area (TPSA) is 124 Å². The maximum absolute atomic E-state index is 12.5. The van der Waals surface area contributed by atoms with Gasteiger partial charge in [0.1, 0.15) is 0 Å². The summed E-state index contributed by atoms with van der Waals surface area (Å²) in [6.07, 6.45) is 15.3. The van der Waals surface area contributed by atoms with Crippen LogP contribution in [-0.2, 0) is 24.2 Å². The second-order valence-electron chi connectivity index (χ2n) is 9.57. The van der Waals surface area contributed by atoms with Gasteiger partial charge in [0.2, 0.25) is 16.3 Å². The molecule has 1 atom stereocenters. The quantitative estimate of drug-likeness (QED) is 0.0811. The van der Waals surface area contributed by atoms with Gasteiger partial charge in [0.15, 0.2) is 0 Å². The summed E-state index contributed by atoms with van der Waals surface area (Å²) in [4.78, 5) is 25.0. The Kier molecular flexibility index (Phi) is 26.5. The predicted molar refractivity (Wildman–Crippen MR) is 138 cm³/mol. The Bertz CT molecular complexity index is 638. The number of hydrogen-bond acceptors (Lipinski definition) is 6. The van der Waals surface area contributed by atoms with Crippen LogP contribution in [-0.4, -0.2) is 54.0 Å². The molecule has 10 heteroatoms. The fraction of sp³-hybridized carbons (Fsp3) is 0.923. The van der Waals surface area contributed by atoms with Crippen molar-refractivity contribution in [2.75, 3.05) is 13.1 Å². The molecule has 0 fully saturated rings. The number of aliphatic carboxylic acids is 1. The summed E-state index contributed by atoms with van der Waals surface area (Å²) >= 11 is 0. The largest absolute Gasteiger partial charge is 1.00 e. The van der Waals surface area contributed by atoms with Gasteiger partial charge >= 0.3 is 35.5 Å². The third kappa shape index (κ3) is 25.5. The molecule has 36 heavy (non-hydrogen) atoms. The van der Waals surface area contributed by atoms with E-state index >= 15 is 0 Å². The fourth-order valence-corrected chi connectivity index (χ4v) is 4.68. The van der Waals surface area contributed by atoms with E-state index in [9.17, 15) is 22.6 Å². The van der Waals surface area contributed by atoms with Crippen LogP contribution in [0.3, 0.4) is 0 Å². The van der Waals surface area contributed by atoms with Crippen LogP contribution in [0.15, 0.2) is 0 Å². The van der Waals surface area contributed by atoms with Gasteiger partial charge in [-0.1, -0.05) is 84.5 Å². The van der Waals surface area contributed by atoms with Crippen LogP contribution < -0.4 is 29.6 Å². The molecular formula is C26H50NNaO7S. The molecule has 1 amide bonds. The van der Waals surface area contributed by atoms with Crippen molar-refractivity contribution in [1.29, 1.82) is 0 Å². The van der Waals surface area contributed by atoms with Crippen LogP contribution >= 0.6 is 0 Å². The Morgan fingerprint density at radius 1 is 0.750 bits per heavy atom. The number of carboxylic acids is 1. The molecule has 0 heterocycles. The van der Waals surface area contributed by atoms with Crippen molar-refractivity contribution in [2.24, 2.45) is 0 Å². The first-order chi connectivity index (χ1) is 16.7. The molecule has 0 radical (unpaired) electrons. The SMILES string of the molecule is CCCCN(CCCC)C(=O)CCCCCCCCC(CCCCCCCC(=O)O)OS(=O)(=O)[O-].[Na+]. The Balaban J connectivity index is 0. The molecule has 0 aliphatic heterocycles. The first kappa shape index (κ1) is 38.0. The average Bonchev–Trinajstić information content (AvgIpc) is 2.78. The summed E-state index contributed by atoms with van der Waals surface area (Å²) in [5.41, 5.74) is 0. The predicted octanol–water partition coefficient (Wildman–Crippen LogP) is 3.20. The van der Waals surface area contributed by atoms with Crippen molar-refractivity contribution in [1.82, 2.24) is 4.90 Å². The van der Waals surface area contributed by atoms with Crippen molar-refractivity contribution in [3.8, 4) is 0 Å². The summed E-state index contributed by atoms with van der Waals surface area (Å²) in [5.74, 6) is -0.517. The van der Waals surface area contributed by atoms with Crippen molar-refractivity contribution < 1.29 is 61.4 Å². The van der Waals surface area contributed by atoms with E-state index in [2.05, 4.69) is 13.8 Å². The molecule has 8 nitrogen and oxygen atoms in total. The minimum Gasteiger partial charge on any atom is -0.726 e. The van der Waals surface area contributed by atoms with Crippen molar-refractivity contribution >= 4 is 22.3 Å². The number of carbonyl (C=O) groups is 2. The Hall–Kier alpha value is -0.190. The molecule has 1 N–H and O–H groups in total. The Labute approximate surface area is 242 Å². The van der Waals surface area contributed by atoms with Crippen LogP contribution in [0.4, 0.5) is 0 Å². The smallest absolute Gasteiger partial charge is 0.726 e. The van der Waals surface area contributed by atoms with Gasteiger partial charge in [-0.3, -0.25) is 13.8 Å². The molecule has 1 unspecified atom stereocenters. The average molecular weight is 544 g/mol. The van der Waals surface area contributed by atoms with Gasteiger partial charge in [0, 0.05) is 25.9 Å². The van der Waals surface area contributed by atoms with Crippen LogP contribution in [0.2, 0.25) is 0 Å². The van der Waals surface area contributed by atoms with Gasteiger partial charge in [-0.25, -0.2) is 8.42 Å². The van der Waals surface area contributed by atoms with E-state index in [1.54, 1.807) is 0 Å². The first-order valence-electron chi connectivity index (χ1n) is 13.8. The van der Waals surface area contributed by atoms with E-state index < -0.39 is 22.5 Å². The molecular weight excluding hydrogens is 493 g/mol. The van der Waals surface area contributed by atoms with E-state index in [4.69, 9.17) is 9.29 Å². The van der Waals surface area contributed by atoms with Crippen molar-refractivity contribution in [3.63, 3.8) is 0 Å². The van der Waals surface area contributed by atoms with E-state index in [1.807, 2.05) is 4.90 Å². The maximum Gasteiger partial charge on any atom is 1.00 e. The molecule has 0 rings (SSSR count). The molecule has 0 aliphatic rings. The molecule has 0 aromatic rings. The monoisotopic (exact) mass is 543 g/mol. The minimum atomic E-state index is -4.72. The number of unbranched alkanes of at least 4 members (excludes halogenated alkanes) is 11. The zero-order valence-electron chi connectivity index (χ0n) is 23.2. The van der Waals surface area contributed by atoms with Crippen LogP contribution in [0.25, 0.3) is 0 Å². The normalized spacial score (nSPS) is 12.2. The third-order valence-electron chi connectivity index (χ3n) is 6.25. The summed E-state index contributed by atoms with van der Waals surface area (Å²) in [6.45, 7) is 6.01. The molecule has 0 bridgehead atoms. The van der Waals surface area contributed by atoms with Gasteiger partial charge in [-0.05, 0) is 38.5 Å². The number of carbonyl (C=O) groups excluding carboxylic acids is 1.